The van der Waals surface area contributed by atoms with Crippen molar-refractivity contribution in [2.45, 2.75) is 57.3 Å². The first kappa shape index (κ1) is 34.3. The first-order chi connectivity index (χ1) is 25.1. The van der Waals surface area contributed by atoms with E-state index >= 15 is 0 Å². The van der Waals surface area contributed by atoms with Crippen molar-refractivity contribution in [2.75, 3.05) is 49.6 Å². The summed E-state index contributed by atoms with van der Waals surface area (Å²) in [4.78, 5) is 61.1. The fraction of sp³-hybridized carbons (Fsp3) is 0.441. The van der Waals surface area contributed by atoms with E-state index in [1.165, 1.54) is 26.5 Å². The Labute approximate surface area is 304 Å². The van der Waals surface area contributed by atoms with Crippen LogP contribution in [0.3, 0.4) is 0 Å². The maximum Gasteiger partial charge on any atom is 0.284 e. The van der Waals surface area contributed by atoms with Crippen molar-refractivity contribution in [3.05, 3.63) is 69.2 Å². The monoisotopic (exact) mass is 780 g/mol. The van der Waals surface area contributed by atoms with E-state index in [9.17, 15) is 28.0 Å². The largest absolute Gasteiger partial charge is 0.378 e. The molecule has 0 bridgehead atoms. The summed E-state index contributed by atoms with van der Waals surface area (Å²) in [5.74, 6) is -0.949. The number of alkyl halides is 2. The molecular weight excluding hydrogens is 746 g/mol. The van der Waals surface area contributed by atoms with E-state index in [0.29, 0.717) is 82.2 Å². The van der Waals surface area contributed by atoms with Gasteiger partial charge >= 0.3 is 0 Å². The number of likely N-dealkylation sites (tertiary alicyclic amines) is 1. The zero-order chi connectivity index (χ0) is 36.1. The van der Waals surface area contributed by atoms with Crippen LogP contribution < -0.4 is 15.5 Å². The van der Waals surface area contributed by atoms with Crippen LogP contribution in [-0.4, -0.2) is 103 Å². The molecule has 4 amide bonds. The Morgan fingerprint density at radius 3 is 2.63 bits per heavy atom. The fourth-order valence-electron chi connectivity index (χ4n) is 7.37. The van der Waals surface area contributed by atoms with Crippen molar-refractivity contribution < 1.29 is 32.7 Å². The molecule has 1 aromatic carbocycles. The average Bonchev–Trinajstić information content (AvgIpc) is 3.85. The second-order valence-electron chi connectivity index (χ2n) is 13.4. The van der Waals surface area contributed by atoms with Crippen molar-refractivity contribution in [1.82, 2.24) is 39.5 Å². The number of hydrogen-bond donors (Lipinski definition) is 2. The molecule has 1 unspecified atom stereocenters. The summed E-state index contributed by atoms with van der Waals surface area (Å²) in [6.45, 7) is 4.69. The molecule has 1 atom stereocenters. The van der Waals surface area contributed by atoms with Crippen molar-refractivity contribution in [1.29, 1.82) is 0 Å². The number of amides is 4. The van der Waals surface area contributed by atoms with Crippen LogP contribution in [0.2, 0.25) is 0 Å². The van der Waals surface area contributed by atoms with Crippen molar-refractivity contribution in [2.24, 2.45) is 0 Å². The SMILES string of the molecule is O=C1CCC(N2Cc3cc(CN4CCC(n5cc(NC(=O)c6cnn7ccc(N8CCOCC8)nc67)c(C(F)F)n5)CC4)c(Br)cc3C2=O)C(=O)N1. The highest BCUT2D eigenvalue weighted by molar-refractivity contribution is 9.10. The predicted octanol–water partition coefficient (Wildman–Crippen LogP) is 3.31. The van der Waals surface area contributed by atoms with Gasteiger partial charge < -0.3 is 19.9 Å². The lowest BCUT2D eigenvalue weighted by Gasteiger charge is -2.32. The predicted molar refractivity (Wildman–Crippen MR) is 185 cm³/mol. The number of halogens is 3. The Kier molecular flexibility index (Phi) is 9.21. The molecular formula is C34H35BrF2N10O5. The summed E-state index contributed by atoms with van der Waals surface area (Å²) in [5, 5.41) is 13.4. The summed E-state index contributed by atoms with van der Waals surface area (Å²) in [7, 11) is 0. The molecule has 18 heteroatoms. The normalized spacial score (nSPS) is 20.2. The molecule has 3 aromatic heterocycles. The van der Waals surface area contributed by atoms with Crippen LogP contribution in [0.4, 0.5) is 20.3 Å². The molecule has 4 aliphatic heterocycles. The Hall–Kier alpha value is -4.81. The van der Waals surface area contributed by atoms with Gasteiger partial charge in [-0.3, -0.25) is 34.1 Å². The minimum atomic E-state index is -2.90. The lowest BCUT2D eigenvalue weighted by atomic mass is 10.0. The number of hydrogen-bond acceptors (Lipinski definition) is 10. The first-order valence-corrected chi connectivity index (χ1v) is 18.0. The minimum absolute atomic E-state index is 0.0610. The molecule has 8 rings (SSSR count). The van der Waals surface area contributed by atoms with Gasteiger partial charge in [0.15, 0.2) is 11.3 Å². The molecule has 52 heavy (non-hydrogen) atoms. The molecule has 3 saturated heterocycles. The number of piperidine rings is 2. The van der Waals surface area contributed by atoms with E-state index in [0.717, 1.165) is 15.6 Å². The number of benzene rings is 1. The number of ether oxygens (including phenoxy) is 1. The Morgan fingerprint density at radius 2 is 1.88 bits per heavy atom. The van der Waals surface area contributed by atoms with Gasteiger partial charge in [0.05, 0.1) is 31.1 Å². The molecule has 7 heterocycles. The van der Waals surface area contributed by atoms with Crippen LogP contribution in [0.25, 0.3) is 5.65 Å². The lowest BCUT2D eigenvalue weighted by Crippen LogP contribution is -2.52. The van der Waals surface area contributed by atoms with Gasteiger partial charge in [-0.1, -0.05) is 22.0 Å². The zero-order valence-electron chi connectivity index (χ0n) is 27.9. The number of morpholine rings is 1. The third-order valence-corrected chi connectivity index (χ3v) is 10.9. The summed E-state index contributed by atoms with van der Waals surface area (Å²) in [6, 6.07) is 4.75. The molecule has 0 spiro atoms. The molecule has 4 aliphatic rings. The highest BCUT2D eigenvalue weighted by Gasteiger charge is 2.39. The number of imide groups is 1. The van der Waals surface area contributed by atoms with Crippen LogP contribution in [0.5, 0.6) is 0 Å². The quantitative estimate of drug-likeness (QED) is 0.254. The van der Waals surface area contributed by atoms with Crippen LogP contribution in [0.15, 0.2) is 41.3 Å². The van der Waals surface area contributed by atoms with Crippen LogP contribution in [-0.2, 0) is 27.4 Å². The number of anilines is 2. The maximum absolute atomic E-state index is 14.2. The lowest BCUT2D eigenvalue weighted by molar-refractivity contribution is -0.136. The van der Waals surface area contributed by atoms with Gasteiger partial charge in [-0.2, -0.15) is 10.2 Å². The molecule has 0 aliphatic carbocycles. The molecule has 0 radical (unpaired) electrons. The third kappa shape index (κ3) is 6.54. The van der Waals surface area contributed by atoms with E-state index in [1.54, 1.807) is 12.3 Å². The van der Waals surface area contributed by atoms with E-state index < -0.39 is 30.0 Å². The first-order valence-electron chi connectivity index (χ1n) is 17.2. The van der Waals surface area contributed by atoms with Crippen molar-refractivity contribution >= 4 is 56.7 Å². The highest BCUT2D eigenvalue weighted by Crippen LogP contribution is 2.34. The summed E-state index contributed by atoms with van der Waals surface area (Å²) < 4.78 is 37.6. The summed E-state index contributed by atoms with van der Waals surface area (Å²) in [5.41, 5.74) is 2.25. The summed E-state index contributed by atoms with van der Waals surface area (Å²) >= 11 is 3.62. The number of nitrogens with zero attached hydrogens (tertiary/aromatic N) is 8. The molecule has 3 fully saturated rings. The van der Waals surface area contributed by atoms with Gasteiger partial charge in [-0.05, 0) is 42.5 Å². The van der Waals surface area contributed by atoms with Crippen LogP contribution in [0, 0.1) is 0 Å². The number of nitrogens with one attached hydrogen (secondary N) is 2. The van der Waals surface area contributed by atoms with Gasteiger partial charge in [-0.15, -0.1) is 0 Å². The standard InChI is InChI=1S/C34H35BrF2N10O5/c35-24-14-22-19(17-45(34(22)51)26-1-2-28(48)41-33(26)50)13-20(24)16-43-6-3-21(4-7-43)47-18-25(29(42-47)30(36)37)39-32(49)23-15-38-46-8-5-27(40-31(23)46)44-9-11-52-12-10-44/h5,8,13-15,18,21,26,30H,1-4,6-7,9-12,16-17H2,(H,39,49)(H,41,48,50). The van der Waals surface area contributed by atoms with Gasteiger partial charge in [0.2, 0.25) is 11.8 Å². The van der Waals surface area contributed by atoms with Crippen LogP contribution >= 0.6 is 15.9 Å². The number of rotatable bonds is 8. The third-order valence-electron chi connectivity index (χ3n) is 10.2. The van der Waals surface area contributed by atoms with Crippen LogP contribution in [0.1, 0.15) is 75.7 Å². The Morgan fingerprint density at radius 1 is 1.10 bits per heavy atom. The smallest absolute Gasteiger partial charge is 0.284 e. The topological polar surface area (TPSA) is 159 Å². The Balaban J connectivity index is 0.918. The maximum atomic E-state index is 14.2. The second kappa shape index (κ2) is 14.0. The van der Waals surface area contributed by atoms with Crippen molar-refractivity contribution in [3.63, 3.8) is 0 Å². The number of carbonyl (C=O) groups is 4. The molecule has 15 nitrogen and oxygen atoms in total. The average molecular weight is 782 g/mol. The molecule has 4 aromatic rings. The number of fused-ring (bicyclic) bond motifs is 2. The van der Waals surface area contributed by atoms with Gasteiger partial charge in [0.1, 0.15) is 17.4 Å². The van der Waals surface area contributed by atoms with E-state index in [4.69, 9.17) is 4.74 Å². The van der Waals surface area contributed by atoms with E-state index in [1.807, 2.05) is 17.0 Å². The van der Waals surface area contributed by atoms with Crippen molar-refractivity contribution in [3.8, 4) is 0 Å². The number of aromatic nitrogens is 5. The molecule has 272 valence electrons. The Bertz CT molecular complexity index is 2070. The highest BCUT2D eigenvalue weighted by atomic mass is 79.9. The fourth-order valence-corrected chi connectivity index (χ4v) is 7.84. The minimum Gasteiger partial charge on any atom is -0.378 e. The zero-order valence-corrected chi connectivity index (χ0v) is 29.5. The molecule has 0 saturated carbocycles. The van der Waals surface area contributed by atoms with E-state index in [-0.39, 0.29) is 42.1 Å². The van der Waals surface area contributed by atoms with E-state index in [2.05, 4.69) is 46.6 Å². The second-order valence-corrected chi connectivity index (χ2v) is 14.2. The summed E-state index contributed by atoms with van der Waals surface area (Å²) in [6.07, 6.45) is 3.43. The molecule has 2 N–H and O–H groups in total. The van der Waals surface area contributed by atoms with Gasteiger partial charge in [0.25, 0.3) is 18.2 Å². The van der Waals surface area contributed by atoms with Gasteiger partial charge in [0, 0.05) is 68.1 Å². The number of carbonyl (C=O) groups excluding carboxylic acids is 4. The van der Waals surface area contributed by atoms with Gasteiger partial charge in [-0.25, -0.2) is 18.3 Å².